The van der Waals surface area contributed by atoms with Crippen LogP contribution in [-0.2, 0) is 16.5 Å². The molecule has 0 unspecified atom stereocenters. The van der Waals surface area contributed by atoms with Crippen molar-refractivity contribution >= 4 is 22.7 Å². The fourth-order valence-corrected chi connectivity index (χ4v) is 4.17. The molecule has 0 bridgehead atoms. The zero-order valence-electron chi connectivity index (χ0n) is 17.8. The highest BCUT2D eigenvalue weighted by atomic mass is 16.6. The molecule has 2 fully saturated rings. The Balaban J connectivity index is 1.47. The van der Waals surface area contributed by atoms with E-state index in [0.29, 0.717) is 67.1 Å². The summed E-state index contributed by atoms with van der Waals surface area (Å²) in [5.74, 6) is 1.49. The van der Waals surface area contributed by atoms with Crippen molar-refractivity contribution in [2.45, 2.75) is 26.0 Å². The van der Waals surface area contributed by atoms with Gasteiger partial charge in [-0.25, -0.2) is 4.98 Å². The maximum atomic E-state index is 9.65. The van der Waals surface area contributed by atoms with Gasteiger partial charge in [-0.15, -0.1) is 5.10 Å². The maximum absolute atomic E-state index is 9.65. The Morgan fingerprint density at radius 3 is 2.71 bits per heavy atom. The molecule has 1 N–H and O–H groups in total. The Labute approximate surface area is 179 Å². The van der Waals surface area contributed by atoms with Crippen LogP contribution in [0.15, 0.2) is 18.5 Å². The normalized spacial score (nSPS) is 25.7. The van der Waals surface area contributed by atoms with E-state index in [1.807, 2.05) is 23.9 Å². The number of fused-ring (bicyclic) bond motifs is 1. The minimum atomic E-state index is -0.0434. The summed E-state index contributed by atoms with van der Waals surface area (Å²) in [5, 5.41) is 18.1. The minimum Gasteiger partial charge on any atom is -0.469 e. The summed E-state index contributed by atoms with van der Waals surface area (Å²) in [6.07, 6.45) is 3.51. The van der Waals surface area contributed by atoms with Gasteiger partial charge in [0.2, 0.25) is 5.95 Å². The predicted octanol–water partition coefficient (Wildman–Crippen LogP) is 2.40. The zero-order chi connectivity index (χ0) is 21.5. The minimum absolute atomic E-state index is 0.0434. The van der Waals surface area contributed by atoms with Crippen molar-refractivity contribution in [3.8, 4) is 11.9 Å². The summed E-state index contributed by atoms with van der Waals surface area (Å²) in [5.41, 5.74) is 1.95. The quantitative estimate of drug-likeness (QED) is 0.666. The van der Waals surface area contributed by atoms with Gasteiger partial charge in [0.15, 0.2) is 0 Å². The molecule has 0 aromatic carbocycles. The molecule has 10 nitrogen and oxygen atoms in total. The van der Waals surface area contributed by atoms with Crippen LogP contribution in [-0.4, -0.2) is 56.8 Å². The van der Waals surface area contributed by atoms with Crippen LogP contribution in [0.3, 0.4) is 0 Å². The molecule has 0 radical (unpaired) electrons. The first-order valence-corrected chi connectivity index (χ1v) is 10.4. The van der Waals surface area contributed by atoms with E-state index in [-0.39, 0.29) is 12.1 Å². The summed E-state index contributed by atoms with van der Waals surface area (Å²) >= 11 is 0. The lowest BCUT2D eigenvalue weighted by Gasteiger charge is -2.18. The van der Waals surface area contributed by atoms with Crippen molar-refractivity contribution in [3.05, 3.63) is 24.2 Å². The third-order valence-electron chi connectivity index (χ3n) is 5.95. The molecule has 2 aliphatic heterocycles. The number of ether oxygens (including phenoxy) is 3. The van der Waals surface area contributed by atoms with Crippen molar-refractivity contribution in [2.75, 3.05) is 31.7 Å². The highest BCUT2D eigenvalue weighted by Crippen LogP contribution is 2.33. The van der Waals surface area contributed by atoms with Gasteiger partial charge in [0, 0.05) is 30.5 Å². The third-order valence-corrected chi connectivity index (χ3v) is 5.95. The van der Waals surface area contributed by atoms with Crippen molar-refractivity contribution in [3.63, 3.8) is 0 Å². The molecule has 5 rings (SSSR count). The first kappa shape index (κ1) is 19.8. The van der Waals surface area contributed by atoms with Crippen LogP contribution in [0.5, 0.6) is 5.88 Å². The topological polar surface area (TPSA) is 112 Å². The van der Waals surface area contributed by atoms with Crippen molar-refractivity contribution < 1.29 is 14.2 Å². The van der Waals surface area contributed by atoms with Crippen LogP contribution >= 0.6 is 0 Å². The Morgan fingerprint density at radius 2 is 2.00 bits per heavy atom. The number of nitrogens with zero attached hydrogens (tertiary/aromatic N) is 6. The fraction of sp³-hybridized carbons (Fsp3) is 0.524. The molecule has 10 heteroatoms. The SMILES string of the molecule is C[C@@H]1COC[C@H]1Oc1nn(C)cc1Nc1ncc2cc(C#N)n([C@H]3COC[C@@H]3C)c2n1. The average molecular weight is 423 g/mol. The van der Waals surface area contributed by atoms with E-state index in [2.05, 4.69) is 35.3 Å². The molecule has 3 aromatic rings. The van der Waals surface area contributed by atoms with E-state index >= 15 is 0 Å². The van der Waals surface area contributed by atoms with Gasteiger partial charge in [0.25, 0.3) is 5.88 Å². The van der Waals surface area contributed by atoms with Crippen LogP contribution in [0.4, 0.5) is 11.6 Å². The van der Waals surface area contributed by atoms with Crippen molar-refractivity contribution in [1.29, 1.82) is 5.26 Å². The van der Waals surface area contributed by atoms with E-state index in [9.17, 15) is 5.26 Å². The summed E-state index contributed by atoms with van der Waals surface area (Å²) in [7, 11) is 1.84. The summed E-state index contributed by atoms with van der Waals surface area (Å²) in [4.78, 5) is 9.17. The lowest BCUT2D eigenvalue weighted by atomic mass is 10.1. The van der Waals surface area contributed by atoms with E-state index in [0.717, 1.165) is 5.39 Å². The molecule has 5 heterocycles. The summed E-state index contributed by atoms with van der Waals surface area (Å²) in [6, 6.07) is 4.17. The molecular weight excluding hydrogens is 398 g/mol. The van der Waals surface area contributed by atoms with E-state index in [1.54, 1.807) is 10.9 Å². The number of nitrogens with one attached hydrogen (secondary N) is 1. The van der Waals surface area contributed by atoms with Crippen LogP contribution < -0.4 is 10.1 Å². The first-order valence-electron chi connectivity index (χ1n) is 10.4. The van der Waals surface area contributed by atoms with E-state index < -0.39 is 0 Å². The smallest absolute Gasteiger partial charge is 0.257 e. The number of nitriles is 1. The largest absolute Gasteiger partial charge is 0.469 e. The lowest BCUT2D eigenvalue weighted by molar-refractivity contribution is 0.134. The van der Waals surface area contributed by atoms with Gasteiger partial charge in [-0.2, -0.15) is 10.2 Å². The Bertz CT molecular complexity index is 1150. The maximum Gasteiger partial charge on any atom is 0.257 e. The third kappa shape index (κ3) is 3.60. The highest BCUT2D eigenvalue weighted by Gasteiger charge is 2.30. The molecular formula is C21H25N7O3. The highest BCUT2D eigenvalue weighted by molar-refractivity contribution is 5.79. The van der Waals surface area contributed by atoms with Crippen LogP contribution in [0.2, 0.25) is 0 Å². The molecule has 0 saturated carbocycles. The molecule has 3 aromatic heterocycles. The Hall–Kier alpha value is -3.16. The van der Waals surface area contributed by atoms with E-state index in [4.69, 9.17) is 19.2 Å². The number of hydrogen-bond donors (Lipinski definition) is 1. The molecule has 4 atom stereocenters. The van der Waals surface area contributed by atoms with Crippen LogP contribution in [0.25, 0.3) is 11.0 Å². The van der Waals surface area contributed by atoms with Crippen LogP contribution in [0.1, 0.15) is 25.6 Å². The molecule has 31 heavy (non-hydrogen) atoms. The van der Waals surface area contributed by atoms with Gasteiger partial charge >= 0.3 is 0 Å². The van der Waals surface area contributed by atoms with Gasteiger partial charge in [-0.1, -0.05) is 13.8 Å². The van der Waals surface area contributed by atoms with Gasteiger partial charge in [-0.3, -0.25) is 4.68 Å². The number of hydrogen-bond acceptors (Lipinski definition) is 8. The predicted molar refractivity (Wildman–Crippen MR) is 112 cm³/mol. The van der Waals surface area contributed by atoms with Gasteiger partial charge < -0.3 is 24.1 Å². The molecule has 0 aliphatic carbocycles. The van der Waals surface area contributed by atoms with Gasteiger partial charge in [0.05, 0.1) is 38.7 Å². The second-order valence-corrected chi connectivity index (χ2v) is 8.38. The molecule has 0 spiro atoms. The average Bonchev–Trinajstić information content (AvgIpc) is 3.50. The van der Waals surface area contributed by atoms with Crippen molar-refractivity contribution in [1.82, 2.24) is 24.3 Å². The lowest BCUT2D eigenvalue weighted by Crippen LogP contribution is -2.23. The summed E-state index contributed by atoms with van der Waals surface area (Å²) in [6.45, 7) is 6.68. The number of aryl methyl sites for hydroxylation is 1. The standard InChI is InChI=1S/C21H25N7O3/c1-12-8-29-10-17(12)28-15(5-22)4-14-6-23-21(25-19(14)28)24-16-7-27(3)26-20(16)31-18-11-30-9-13(18)2/h4,6-7,12-13,17-18H,8-11H2,1-3H3,(H,23,24,25)/t12-,13+,17-,18+/m0/s1. The molecule has 0 amide bonds. The van der Waals surface area contributed by atoms with Crippen LogP contribution in [0, 0.1) is 23.2 Å². The number of rotatable bonds is 5. The number of aromatic nitrogens is 5. The fourth-order valence-electron chi connectivity index (χ4n) is 4.17. The first-order chi connectivity index (χ1) is 15.0. The second-order valence-electron chi connectivity index (χ2n) is 8.38. The second kappa shape index (κ2) is 7.83. The Kier molecular flexibility index (Phi) is 5.00. The zero-order valence-corrected chi connectivity index (χ0v) is 17.8. The number of anilines is 2. The Morgan fingerprint density at radius 1 is 1.19 bits per heavy atom. The van der Waals surface area contributed by atoms with E-state index in [1.165, 1.54) is 0 Å². The summed E-state index contributed by atoms with van der Waals surface area (Å²) < 4.78 is 20.9. The molecule has 2 saturated heterocycles. The van der Waals surface area contributed by atoms with Crippen molar-refractivity contribution in [2.24, 2.45) is 18.9 Å². The van der Waals surface area contributed by atoms with Gasteiger partial charge in [0.1, 0.15) is 29.2 Å². The monoisotopic (exact) mass is 423 g/mol. The molecule has 162 valence electrons. The van der Waals surface area contributed by atoms with Gasteiger partial charge in [-0.05, 0) is 6.07 Å². The molecule has 2 aliphatic rings.